The molecule has 0 saturated heterocycles. The fraction of sp³-hybridized carbons (Fsp3) is 0.529. The lowest BCUT2D eigenvalue weighted by Crippen LogP contribution is -2.48. The third kappa shape index (κ3) is 7.52. The summed E-state index contributed by atoms with van der Waals surface area (Å²) in [7, 11) is 1.53. The van der Waals surface area contributed by atoms with Crippen LogP contribution in [0.15, 0.2) is 17.1 Å². The smallest absolute Gasteiger partial charge is 0.387 e. The van der Waals surface area contributed by atoms with Gasteiger partial charge in [-0.05, 0) is 26.8 Å². The highest BCUT2D eigenvalue weighted by Crippen LogP contribution is 2.38. The van der Waals surface area contributed by atoms with Crippen molar-refractivity contribution < 1.29 is 27.8 Å². The number of amides is 1. The molecular weight excluding hydrogens is 489 g/mol. The maximum absolute atomic E-state index is 12.7. The Hall–Kier alpha value is -2.05. The first-order valence-electron chi connectivity index (χ1n) is 8.31. The third-order valence-electron chi connectivity index (χ3n) is 3.37. The minimum Gasteiger partial charge on any atom is -0.454 e. The van der Waals surface area contributed by atoms with Crippen molar-refractivity contribution in [2.24, 2.45) is 4.99 Å². The number of rotatable bonds is 6. The summed E-state index contributed by atoms with van der Waals surface area (Å²) >= 11 is 0. The molecule has 0 aliphatic carbocycles. The van der Waals surface area contributed by atoms with E-state index in [0.717, 1.165) is 0 Å². The molecule has 0 aromatic heterocycles. The summed E-state index contributed by atoms with van der Waals surface area (Å²) in [6.07, 6.45) is 0. The van der Waals surface area contributed by atoms with Crippen LogP contribution in [0.25, 0.3) is 0 Å². The van der Waals surface area contributed by atoms with Crippen molar-refractivity contribution in [3.05, 3.63) is 17.7 Å². The van der Waals surface area contributed by atoms with Gasteiger partial charge in [0.05, 0.1) is 6.54 Å². The van der Waals surface area contributed by atoms with Crippen LogP contribution in [0.5, 0.6) is 17.2 Å². The van der Waals surface area contributed by atoms with Gasteiger partial charge in [-0.15, -0.1) is 24.0 Å². The molecule has 0 saturated carbocycles. The van der Waals surface area contributed by atoms with Crippen molar-refractivity contribution >= 4 is 35.8 Å². The molecule has 158 valence electrons. The Kier molecular flexibility index (Phi) is 8.98. The number of guanidine groups is 1. The summed E-state index contributed by atoms with van der Waals surface area (Å²) in [4.78, 5) is 15.9. The second-order valence-corrected chi connectivity index (χ2v) is 6.77. The molecule has 1 amide bonds. The van der Waals surface area contributed by atoms with Gasteiger partial charge in [-0.1, -0.05) is 0 Å². The molecule has 1 heterocycles. The number of fused-ring (bicyclic) bond motifs is 1. The Labute approximate surface area is 179 Å². The fourth-order valence-electron chi connectivity index (χ4n) is 2.34. The van der Waals surface area contributed by atoms with Crippen molar-refractivity contribution in [2.75, 3.05) is 20.4 Å². The van der Waals surface area contributed by atoms with Crippen LogP contribution in [0.2, 0.25) is 0 Å². The Bertz CT molecular complexity index is 711. The lowest BCUT2D eigenvalue weighted by molar-refractivity contribution is -0.121. The van der Waals surface area contributed by atoms with E-state index in [2.05, 4.69) is 25.7 Å². The molecule has 0 fully saturated rings. The Morgan fingerprint density at radius 2 is 1.89 bits per heavy atom. The number of aliphatic imine (C=N–C) groups is 1. The molecule has 0 spiro atoms. The first kappa shape index (κ1) is 24.0. The minimum atomic E-state index is -2.97. The van der Waals surface area contributed by atoms with Gasteiger partial charge >= 0.3 is 6.61 Å². The van der Waals surface area contributed by atoms with Gasteiger partial charge in [0, 0.05) is 30.8 Å². The molecule has 28 heavy (non-hydrogen) atoms. The van der Waals surface area contributed by atoms with Crippen molar-refractivity contribution in [3.8, 4) is 17.2 Å². The zero-order valence-electron chi connectivity index (χ0n) is 16.1. The largest absolute Gasteiger partial charge is 0.454 e. The van der Waals surface area contributed by atoms with E-state index in [-0.39, 0.29) is 61.1 Å². The van der Waals surface area contributed by atoms with Crippen molar-refractivity contribution in [3.63, 3.8) is 0 Å². The maximum Gasteiger partial charge on any atom is 0.387 e. The second-order valence-electron chi connectivity index (χ2n) is 6.77. The van der Waals surface area contributed by atoms with Crippen LogP contribution in [-0.2, 0) is 11.3 Å². The molecule has 1 aliphatic rings. The zero-order valence-corrected chi connectivity index (χ0v) is 18.4. The first-order chi connectivity index (χ1) is 12.7. The van der Waals surface area contributed by atoms with Crippen molar-refractivity contribution in [1.82, 2.24) is 16.0 Å². The Balaban J connectivity index is 0.00000392. The van der Waals surface area contributed by atoms with Crippen LogP contribution in [0.3, 0.4) is 0 Å². The van der Waals surface area contributed by atoms with E-state index in [1.165, 1.54) is 13.1 Å². The molecule has 1 aromatic rings. The summed E-state index contributed by atoms with van der Waals surface area (Å²) in [6.45, 7) is 2.82. The number of alkyl halides is 2. The number of halogens is 3. The van der Waals surface area contributed by atoms with Gasteiger partial charge < -0.3 is 30.2 Å². The maximum atomic E-state index is 12.7. The number of carbonyl (C=O) groups is 1. The van der Waals surface area contributed by atoms with Gasteiger partial charge in [0.2, 0.25) is 12.7 Å². The highest BCUT2D eigenvalue weighted by molar-refractivity contribution is 14.0. The standard InChI is InChI=1S/C17H24F2N4O4.HI/c1-17(2,3)23-14(24)8-22-16(20-4)21-7-10-5-12-13(26-9-25-12)6-11(10)27-15(18)19;/h5-6,15H,7-9H2,1-4H3,(H,23,24)(H2,20,21,22);1H. The number of hydrogen-bond donors (Lipinski definition) is 3. The lowest BCUT2D eigenvalue weighted by Gasteiger charge is -2.21. The van der Waals surface area contributed by atoms with Gasteiger partial charge in [0.15, 0.2) is 17.5 Å². The molecule has 0 radical (unpaired) electrons. The van der Waals surface area contributed by atoms with Gasteiger partial charge in [-0.2, -0.15) is 8.78 Å². The molecule has 1 aliphatic heterocycles. The highest BCUT2D eigenvalue weighted by Gasteiger charge is 2.20. The molecule has 0 unspecified atom stereocenters. The van der Waals surface area contributed by atoms with E-state index in [1.54, 1.807) is 6.07 Å². The summed E-state index contributed by atoms with van der Waals surface area (Å²) in [5.41, 5.74) is 0.0885. The summed E-state index contributed by atoms with van der Waals surface area (Å²) in [6, 6.07) is 2.92. The van der Waals surface area contributed by atoms with Crippen LogP contribution in [-0.4, -0.2) is 44.4 Å². The Morgan fingerprint density at radius 3 is 2.46 bits per heavy atom. The van der Waals surface area contributed by atoms with E-state index in [0.29, 0.717) is 23.0 Å². The van der Waals surface area contributed by atoms with Crippen LogP contribution in [0, 0.1) is 0 Å². The van der Waals surface area contributed by atoms with Crippen molar-refractivity contribution in [1.29, 1.82) is 0 Å². The van der Waals surface area contributed by atoms with Gasteiger partial charge in [-0.25, -0.2) is 0 Å². The number of nitrogens with one attached hydrogen (secondary N) is 3. The SMILES string of the molecule is CN=C(NCC(=O)NC(C)(C)C)NCc1cc2c(cc1OC(F)F)OCO2.I. The average Bonchev–Trinajstić information content (AvgIpc) is 2.99. The number of carbonyl (C=O) groups excluding carboxylic acids is 1. The number of hydrogen-bond acceptors (Lipinski definition) is 5. The van der Waals surface area contributed by atoms with Crippen LogP contribution < -0.4 is 30.2 Å². The molecule has 1 aromatic carbocycles. The summed E-state index contributed by atoms with van der Waals surface area (Å²) in [5.74, 6) is 0.898. The molecule has 0 bridgehead atoms. The number of benzene rings is 1. The number of nitrogens with zero attached hydrogens (tertiary/aromatic N) is 1. The normalized spacial score (nSPS) is 13.0. The molecule has 3 N–H and O–H groups in total. The fourth-order valence-corrected chi connectivity index (χ4v) is 2.34. The lowest BCUT2D eigenvalue weighted by atomic mass is 10.1. The molecule has 11 heteroatoms. The van der Waals surface area contributed by atoms with E-state index >= 15 is 0 Å². The Morgan fingerprint density at radius 1 is 1.25 bits per heavy atom. The van der Waals surface area contributed by atoms with Crippen molar-refractivity contribution in [2.45, 2.75) is 39.5 Å². The highest BCUT2D eigenvalue weighted by atomic mass is 127. The first-order valence-corrected chi connectivity index (χ1v) is 8.31. The van der Waals surface area contributed by atoms with Crippen LogP contribution in [0.4, 0.5) is 8.78 Å². The third-order valence-corrected chi connectivity index (χ3v) is 3.37. The van der Waals surface area contributed by atoms with Crippen LogP contribution in [0.1, 0.15) is 26.3 Å². The van der Waals surface area contributed by atoms with Gasteiger partial charge in [0.1, 0.15) is 5.75 Å². The average molecular weight is 514 g/mol. The predicted molar refractivity (Wildman–Crippen MR) is 111 cm³/mol. The quantitative estimate of drug-likeness (QED) is 0.307. The van der Waals surface area contributed by atoms with E-state index in [4.69, 9.17) is 9.47 Å². The van der Waals surface area contributed by atoms with Crippen LogP contribution >= 0.6 is 24.0 Å². The van der Waals surface area contributed by atoms with Gasteiger partial charge in [0.25, 0.3) is 0 Å². The molecular formula is C17H25F2IN4O4. The summed E-state index contributed by atoms with van der Waals surface area (Å²) < 4.78 is 40.3. The topological polar surface area (TPSA) is 93.2 Å². The van der Waals surface area contributed by atoms with E-state index in [9.17, 15) is 13.6 Å². The van der Waals surface area contributed by atoms with E-state index < -0.39 is 6.61 Å². The zero-order chi connectivity index (χ0) is 20.0. The molecule has 8 nitrogen and oxygen atoms in total. The monoisotopic (exact) mass is 514 g/mol. The summed E-state index contributed by atoms with van der Waals surface area (Å²) in [5, 5.41) is 8.62. The number of ether oxygens (including phenoxy) is 3. The van der Waals surface area contributed by atoms with E-state index in [1.807, 2.05) is 20.8 Å². The minimum absolute atomic E-state index is 0. The second kappa shape index (κ2) is 10.5. The predicted octanol–water partition coefficient (Wildman–Crippen LogP) is 2.21. The molecule has 0 atom stereocenters. The molecule has 2 rings (SSSR count). The van der Waals surface area contributed by atoms with Gasteiger partial charge in [-0.3, -0.25) is 9.79 Å².